The highest BCUT2D eigenvalue weighted by molar-refractivity contribution is 5.39. The number of aryl methyl sites for hydroxylation is 3. The van der Waals surface area contributed by atoms with Gasteiger partial charge in [-0.05, 0) is 51.9 Å². The predicted octanol–water partition coefficient (Wildman–Crippen LogP) is 4.47. The van der Waals surface area contributed by atoms with E-state index in [9.17, 15) is 0 Å². The van der Waals surface area contributed by atoms with Crippen molar-refractivity contribution in [3.05, 3.63) is 64.2 Å². The van der Waals surface area contributed by atoms with Gasteiger partial charge in [0.05, 0.1) is 0 Å². The molecule has 0 saturated carbocycles. The van der Waals surface area contributed by atoms with Crippen molar-refractivity contribution in [2.45, 2.75) is 40.3 Å². The standard InChI is InChI=1S/C19H25NO/c1-13-6-7-18(16(4)20-5)19(11-13)21-12-17-9-14(2)8-15(3)10-17/h6-11,16,20H,12H2,1-5H3. The second-order valence-corrected chi connectivity index (χ2v) is 5.84. The van der Waals surface area contributed by atoms with Crippen LogP contribution in [0.1, 0.15) is 40.8 Å². The minimum absolute atomic E-state index is 0.278. The molecule has 0 amide bonds. The third-order valence-corrected chi connectivity index (χ3v) is 3.74. The van der Waals surface area contributed by atoms with Gasteiger partial charge in [-0.15, -0.1) is 0 Å². The predicted molar refractivity (Wildman–Crippen MR) is 88.9 cm³/mol. The molecule has 21 heavy (non-hydrogen) atoms. The van der Waals surface area contributed by atoms with Gasteiger partial charge in [0, 0.05) is 11.6 Å². The quantitative estimate of drug-likeness (QED) is 0.874. The van der Waals surface area contributed by atoms with Crippen LogP contribution in [0.2, 0.25) is 0 Å². The Labute approximate surface area is 128 Å². The smallest absolute Gasteiger partial charge is 0.124 e. The van der Waals surface area contributed by atoms with Crippen molar-refractivity contribution in [2.24, 2.45) is 0 Å². The molecule has 1 N–H and O–H groups in total. The molecule has 0 aliphatic carbocycles. The van der Waals surface area contributed by atoms with Gasteiger partial charge in [0.25, 0.3) is 0 Å². The zero-order valence-corrected chi connectivity index (χ0v) is 13.7. The first-order valence-corrected chi connectivity index (χ1v) is 7.47. The molecule has 0 aromatic heterocycles. The van der Waals surface area contributed by atoms with E-state index in [2.05, 4.69) is 69.4 Å². The van der Waals surface area contributed by atoms with Gasteiger partial charge in [-0.2, -0.15) is 0 Å². The summed E-state index contributed by atoms with van der Waals surface area (Å²) in [6.45, 7) is 9.09. The summed E-state index contributed by atoms with van der Waals surface area (Å²) < 4.78 is 6.10. The molecule has 112 valence electrons. The van der Waals surface area contributed by atoms with Gasteiger partial charge in [-0.1, -0.05) is 41.5 Å². The summed E-state index contributed by atoms with van der Waals surface area (Å²) in [5, 5.41) is 3.28. The average Bonchev–Trinajstić information content (AvgIpc) is 2.43. The molecule has 0 heterocycles. The van der Waals surface area contributed by atoms with Crippen molar-refractivity contribution in [1.82, 2.24) is 5.32 Å². The van der Waals surface area contributed by atoms with Crippen LogP contribution < -0.4 is 10.1 Å². The van der Waals surface area contributed by atoms with Gasteiger partial charge in [0.15, 0.2) is 0 Å². The van der Waals surface area contributed by atoms with Crippen LogP contribution in [-0.2, 0) is 6.61 Å². The fourth-order valence-electron chi connectivity index (χ4n) is 2.59. The first-order chi connectivity index (χ1) is 9.99. The van der Waals surface area contributed by atoms with Crippen molar-refractivity contribution in [1.29, 1.82) is 0 Å². The highest BCUT2D eigenvalue weighted by Gasteiger charge is 2.10. The van der Waals surface area contributed by atoms with Crippen LogP contribution in [-0.4, -0.2) is 7.05 Å². The molecule has 0 aliphatic heterocycles. The Hall–Kier alpha value is -1.80. The maximum absolute atomic E-state index is 6.10. The Morgan fingerprint density at radius 1 is 0.952 bits per heavy atom. The van der Waals surface area contributed by atoms with Crippen LogP contribution in [0, 0.1) is 20.8 Å². The van der Waals surface area contributed by atoms with Crippen LogP contribution in [0.15, 0.2) is 36.4 Å². The van der Waals surface area contributed by atoms with E-state index in [4.69, 9.17) is 4.74 Å². The summed E-state index contributed by atoms with van der Waals surface area (Å²) in [5.41, 5.74) is 6.20. The minimum Gasteiger partial charge on any atom is -0.489 e. The number of hydrogen-bond acceptors (Lipinski definition) is 2. The third kappa shape index (κ3) is 4.08. The first kappa shape index (κ1) is 15.6. The van der Waals surface area contributed by atoms with E-state index in [-0.39, 0.29) is 6.04 Å². The molecule has 2 aromatic rings. The molecule has 2 aromatic carbocycles. The Morgan fingerprint density at radius 2 is 1.62 bits per heavy atom. The zero-order valence-electron chi connectivity index (χ0n) is 13.7. The molecule has 0 aliphatic rings. The average molecular weight is 283 g/mol. The van der Waals surface area contributed by atoms with Crippen LogP contribution in [0.4, 0.5) is 0 Å². The molecule has 0 bridgehead atoms. The second kappa shape index (κ2) is 6.77. The summed E-state index contributed by atoms with van der Waals surface area (Å²) >= 11 is 0. The molecule has 2 rings (SSSR count). The van der Waals surface area contributed by atoms with E-state index in [1.165, 1.54) is 27.8 Å². The van der Waals surface area contributed by atoms with Gasteiger partial charge in [-0.3, -0.25) is 0 Å². The lowest BCUT2D eigenvalue weighted by Gasteiger charge is -2.17. The van der Waals surface area contributed by atoms with Gasteiger partial charge in [0.2, 0.25) is 0 Å². The van der Waals surface area contributed by atoms with Crippen LogP contribution >= 0.6 is 0 Å². The van der Waals surface area contributed by atoms with Crippen molar-refractivity contribution in [3.8, 4) is 5.75 Å². The normalized spacial score (nSPS) is 12.2. The Bertz CT molecular complexity index is 599. The fourth-order valence-corrected chi connectivity index (χ4v) is 2.59. The zero-order chi connectivity index (χ0) is 15.4. The van der Waals surface area contributed by atoms with E-state index >= 15 is 0 Å². The first-order valence-electron chi connectivity index (χ1n) is 7.47. The lowest BCUT2D eigenvalue weighted by molar-refractivity contribution is 0.300. The number of ether oxygens (including phenoxy) is 1. The molecule has 0 saturated heterocycles. The van der Waals surface area contributed by atoms with Crippen molar-refractivity contribution in [3.63, 3.8) is 0 Å². The van der Waals surface area contributed by atoms with Gasteiger partial charge < -0.3 is 10.1 Å². The molecule has 2 nitrogen and oxygen atoms in total. The lowest BCUT2D eigenvalue weighted by Crippen LogP contribution is -2.14. The summed E-state index contributed by atoms with van der Waals surface area (Å²) in [6, 6.07) is 13.2. The molecule has 0 radical (unpaired) electrons. The third-order valence-electron chi connectivity index (χ3n) is 3.74. The second-order valence-electron chi connectivity index (χ2n) is 5.84. The molecule has 1 unspecified atom stereocenters. The number of benzene rings is 2. The summed E-state index contributed by atoms with van der Waals surface area (Å²) in [5.74, 6) is 0.969. The highest BCUT2D eigenvalue weighted by atomic mass is 16.5. The van der Waals surface area contributed by atoms with E-state index in [0.717, 1.165) is 5.75 Å². The van der Waals surface area contributed by atoms with Crippen LogP contribution in [0.3, 0.4) is 0 Å². The number of rotatable bonds is 5. The minimum atomic E-state index is 0.278. The molecular formula is C19H25NO. The Balaban J connectivity index is 2.20. The SMILES string of the molecule is CNC(C)c1ccc(C)cc1OCc1cc(C)cc(C)c1. The van der Waals surface area contributed by atoms with Crippen molar-refractivity contribution >= 4 is 0 Å². The highest BCUT2D eigenvalue weighted by Crippen LogP contribution is 2.27. The molecule has 2 heteroatoms. The van der Waals surface area contributed by atoms with Crippen molar-refractivity contribution in [2.75, 3.05) is 7.05 Å². The summed E-state index contributed by atoms with van der Waals surface area (Å²) in [6.07, 6.45) is 0. The monoisotopic (exact) mass is 283 g/mol. The molecule has 0 spiro atoms. The number of nitrogens with one attached hydrogen (secondary N) is 1. The number of hydrogen-bond donors (Lipinski definition) is 1. The maximum atomic E-state index is 6.10. The molecule has 0 fully saturated rings. The molecule has 1 atom stereocenters. The van der Waals surface area contributed by atoms with Gasteiger partial charge in [0.1, 0.15) is 12.4 Å². The largest absolute Gasteiger partial charge is 0.489 e. The Morgan fingerprint density at radius 3 is 2.24 bits per heavy atom. The van der Waals surface area contributed by atoms with E-state index in [0.29, 0.717) is 6.61 Å². The molecular weight excluding hydrogens is 258 g/mol. The van der Waals surface area contributed by atoms with E-state index < -0.39 is 0 Å². The summed E-state index contributed by atoms with van der Waals surface area (Å²) in [7, 11) is 1.97. The Kier molecular flexibility index (Phi) is 5.03. The van der Waals surface area contributed by atoms with E-state index in [1.54, 1.807) is 0 Å². The maximum Gasteiger partial charge on any atom is 0.124 e. The van der Waals surface area contributed by atoms with Gasteiger partial charge in [-0.25, -0.2) is 0 Å². The van der Waals surface area contributed by atoms with Crippen LogP contribution in [0.25, 0.3) is 0 Å². The summed E-state index contributed by atoms with van der Waals surface area (Å²) in [4.78, 5) is 0. The lowest BCUT2D eigenvalue weighted by atomic mass is 10.0. The van der Waals surface area contributed by atoms with Gasteiger partial charge >= 0.3 is 0 Å². The topological polar surface area (TPSA) is 21.3 Å². The van der Waals surface area contributed by atoms with Crippen molar-refractivity contribution < 1.29 is 4.74 Å². The van der Waals surface area contributed by atoms with E-state index in [1.807, 2.05) is 7.05 Å². The fraction of sp³-hybridized carbons (Fsp3) is 0.368. The van der Waals surface area contributed by atoms with Crippen LogP contribution in [0.5, 0.6) is 5.75 Å².